The smallest absolute Gasteiger partial charge is 0.243 e. The quantitative estimate of drug-likeness (QED) is 0.803. The molecule has 2 aromatic heterocycles. The van der Waals surface area contributed by atoms with Crippen LogP contribution in [0.4, 0.5) is 5.95 Å². The number of pyridine rings is 1. The third kappa shape index (κ3) is 2.83. The van der Waals surface area contributed by atoms with Crippen LogP contribution in [-0.2, 0) is 9.53 Å². The molecule has 2 aromatic rings. The zero-order valence-electron chi connectivity index (χ0n) is 11.3. The maximum absolute atomic E-state index is 12.1. The molecule has 0 spiro atoms. The average Bonchev–Trinajstić information content (AvgIpc) is 2.73. The molecule has 0 saturated carbocycles. The summed E-state index contributed by atoms with van der Waals surface area (Å²) >= 11 is 5.86. The van der Waals surface area contributed by atoms with Crippen molar-refractivity contribution in [3.8, 4) is 0 Å². The standard InChI is InChI=1S/C12H16ClN5O2/c1-7(11(19)15-3-4-20-2)18-10-9(17-12(18)14)5-8(13)6-16-10/h5-7H,3-4H2,1-2H3,(H2,14,17)(H,15,19). The third-order valence-corrected chi connectivity index (χ3v) is 3.10. The van der Waals surface area contributed by atoms with Gasteiger partial charge in [-0.2, -0.15) is 0 Å². The predicted octanol–water partition coefficient (Wildman–Crippen LogP) is 0.990. The van der Waals surface area contributed by atoms with Crippen LogP contribution in [-0.4, -0.2) is 40.7 Å². The highest BCUT2D eigenvalue weighted by Gasteiger charge is 2.21. The summed E-state index contributed by atoms with van der Waals surface area (Å²) in [6.07, 6.45) is 1.50. The van der Waals surface area contributed by atoms with E-state index >= 15 is 0 Å². The molecule has 20 heavy (non-hydrogen) atoms. The van der Waals surface area contributed by atoms with Crippen LogP contribution < -0.4 is 11.1 Å². The van der Waals surface area contributed by atoms with Crippen molar-refractivity contribution in [1.82, 2.24) is 19.9 Å². The lowest BCUT2D eigenvalue weighted by Crippen LogP contribution is -2.33. The number of imidazole rings is 1. The van der Waals surface area contributed by atoms with Gasteiger partial charge in [-0.25, -0.2) is 9.97 Å². The van der Waals surface area contributed by atoms with E-state index in [-0.39, 0.29) is 11.9 Å². The molecule has 2 rings (SSSR count). The summed E-state index contributed by atoms with van der Waals surface area (Å²) in [4.78, 5) is 20.4. The van der Waals surface area contributed by atoms with E-state index in [2.05, 4.69) is 15.3 Å². The summed E-state index contributed by atoms with van der Waals surface area (Å²) in [6.45, 7) is 2.62. The average molecular weight is 298 g/mol. The number of methoxy groups -OCH3 is 1. The minimum Gasteiger partial charge on any atom is -0.383 e. The normalized spacial score (nSPS) is 12.6. The lowest BCUT2D eigenvalue weighted by Gasteiger charge is -2.15. The molecule has 0 radical (unpaired) electrons. The number of nitrogens with zero attached hydrogens (tertiary/aromatic N) is 3. The number of amides is 1. The second-order valence-electron chi connectivity index (χ2n) is 4.30. The molecular formula is C12H16ClN5O2. The number of halogens is 1. The molecule has 7 nitrogen and oxygen atoms in total. The number of carbonyl (C=O) groups excluding carboxylic acids is 1. The van der Waals surface area contributed by atoms with Gasteiger partial charge in [-0.1, -0.05) is 11.6 Å². The highest BCUT2D eigenvalue weighted by molar-refractivity contribution is 6.31. The maximum atomic E-state index is 12.1. The molecule has 1 amide bonds. The van der Waals surface area contributed by atoms with E-state index in [1.807, 2.05) is 0 Å². The van der Waals surface area contributed by atoms with Crippen LogP contribution in [0.5, 0.6) is 0 Å². The van der Waals surface area contributed by atoms with Gasteiger partial charge in [0.1, 0.15) is 11.6 Å². The van der Waals surface area contributed by atoms with Crippen molar-refractivity contribution in [3.05, 3.63) is 17.3 Å². The van der Waals surface area contributed by atoms with Gasteiger partial charge in [0.05, 0.1) is 11.6 Å². The number of hydrogen-bond donors (Lipinski definition) is 2. The third-order valence-electron chi connectivity index (χ3n) is 2.90. The Morgan fingerprint density at radius 1 is 1.65 bits per heavy atom. The first-order valence-corrected chi connectivity index (χ1v) is 6.48. The zero-order valence-corrected chi connectivity index (χ0v) is 12.0. The molecule has 0 saturated heterocycles. The Kier molecular flexibility index (Phi) is 4.41. The van der Waals surface area contributed by atoms with Gasteiger partial charge < -0.3 is 15.8 Å². The molecule has 108 valence electrons. The van der Waals surface area contributed by atoms with Gasteiger partial charge in [0.15, 0.2) is 5.65 Å². The summed E-state index contributed by atoms with van der Waals surface area (Å²) in [7, 11) is 1.57. The van der Waals surface area contributed by atoms with E-state index in [9.17, 15) is 4.79 Å². The van der Waals surface area contributed by atoms with Crippen molar-refractivity contribution in [2.24, 2.45) is 0 Å². The number of aromatic nitrogens is 3. The molecule has 0 aliphatic heterocycles. The minimum atomic E-state index is -0.523. The number of carbonyl (C=O) groups is 1. The Balaban J connectivity index is 2.27. The van der Waals surface area contributed by atoms with E-state index in [1.165, 1.54) is 6.20 Å². The Labute approximate surface area is 121 Å². The Morgan fingerprint density at radius 2 is 2.40 bits per heavy atom. The lowest BCUT2D eigenvalue weighted by molar-refractivity contribution is -0.123. The molecule has 0 aliphatic carbocycles. The first-order valence-electron chi connectivity index (χ1n) is 6.10. The van der Waals surface area contributed by atoms with Crippen LogP contribution in [0.15, 0.2) is 12.3 Å². The Morgan fingerprint density at radius 3 is 3.10 bits per heavy atom. The molecule has 1 atom stereocenters. The van der Waals surface area contributed by atoms with Crippen molar-refractivity contribution in [2.75, 3.05) is 26.0 Å². The molecule has 2 heterocycles. The first-order chi connectivity index (χ1) is 9.54. The molecule has 0 fully saturated rings. The van der Waals surface area contributed by atoms with E-state index in [1.54, 1.807) is 24.7 Å². The summed E-state index contributed by atoms with van der Waals surface area (Å²) in [5.41, 5.74) is 6.95. The number of fused-ring (bicyclic) bond motifs is 1. The van der Waals surface area contributed by atoms with Gasteiger partial charge in [-0.3, -0.25) is 9.36 Å². The van der Waals surface area contributed by atoms with Crippen molar-refractivity contribution in [1.29, 1.82) is 0 Å². The van der Waals surface area contributed by atoms with Gasteiger partial charge in [-0.15, -0.1) is 0 Å². The van der Waals surface area contributed by atoms with Crippen molar-refractivity contribution in [3.63, 3.8) is 0 Å². The van der Waals surface area contributed by atoms with Crippen LogP contribution in [0, 0.1) is 0 Å². The van der Waals surface area contributed by atoms with Gasteiger partial charge in [0, 0.05) is 19.9 Å². The van der Waals surface area contributed by atoms with Gasteiger partial charge in [0.25, 0.3) is 0 Å². The summed E-state index contributed by atoms with van der Waals surface area (Å²) in [5, 5.41) is 3.22. The molecular weight excluding hydrogens is 282 g/mol. The van der Waals surface area contributed by atoms with Gasteiger partial charge in [-0.05, 0) is 13.0 Å². The van der Waals surface area contributed by atoms with Crippen molar-refractivity contribution >= 4 is 34.6 Å². The molecule has 3 N–H and O–H groups in total. The molecule has 0 aliphatic rings. The first kappa shape index (κ1) is 14.5. The van der Waals surface area contributed by atoms with Crippen molar-refractivity contribution < 1.29 is 9.53 Å². The topological polar surface area (TPSA) is 95.1 Å². The highest BCUT2D eigenvalue weighted by atomic mass is 35.5. The second kappa shape index (κ2) is 6.06. The van der Waals surface area contributed by atoms with Crippen LogP contribution in [0.25, 0.3) is 11.2 Å². The molecule has 0 bridgehead atoms. The Hall–Kier alpha value is -1.86. The number of nitrogen functional groups attached to an aromatic ring is 1. The molecule has 8 heteroatoms. The van der Waals surface area contributed by atoms with E-state index < -0.39 is 6.04 Å². The van der Waals surface area contributed by atoms with E-state index in [0.29, 0.717) is 29.3 Å². The second-order valence-corrected chi connectivity index (χ2v) is 4.73. The lowest BCUT2D eigenvalue weighted by atomic mass is 10.3. The molecule has 1 unspecified atom stereocenters. The van der Waals surface area contributed by atoms with Gasteiger partial charge in [0.2, 0.25) is 11.9 Å². The van der Waals surface area contributed by atoms with Crippen molar-refractivity contribution in [2.45, 2.75) is 13.0 Å². The number of rotatable bonds is 5. The minimum absolute atomic E-state index is 0.176. The van der Waals surface area contributed by atoms with Gasteiger partial charge >= 0.3 is 0 Å². The monoisotopic (exact) mass is 297 g/mol. The number of hydrogen-bond acceptors (Lipinski definition) is 5. The summed E-state index contributed by atoms with van der Waals surface area (Å²) < 4.78 is 6.46. The zero-order chi connectivity index (χ0) is 14.7. The molecule has 0 aromatic carbocycles. The Bertz CT molecular complexity index is 628. The van der Waals surface area contributed by atoms with E-state index in [4.69, 9.17) is 22.1 Å². The number of nitrogens with one attached hydrogen (secondary N) is 1. The summed E-state index contributed by atoms with van der Waals surface area (Å²) in [5.74, 6) is 0.0500. The van der Waals surface area contributed by atoms with E-state index in [0.717, 1.165) is 0 Å². The summed E-state index contributed by atoms with van der Waals surface area (Å²) in [6, 6.07) is 1.14. The highest BCUT2D eigenvalue weighted by Crippen LogP contribution is 2.23. The largest absolute Gasteiger partial charge is 0.383 e. The predicted molar refractivity (Wildman–Crippen MR) is 76.5 cm³/mol. The fraction of sp³-hybridized carbons (Fsp3) is 0.417. The fourth-order valence-electron chi connectivity index (χ4n) is 1.90. The maximum Gasteiger partial charge on any atom is 0.243 e. The number of nitrogens with two attached hydrogens (primary N) is 1. The van der Waals surface area contributed by atoms with Crippen LogP contribution in [0.3, 0.4) is 0 Å². The van der Waals surface area contributed by atoms with Crippen LogP contribution in [0.1, 0.15) is 13.0 Å². The van der Waals surface area contributed by atoms with Crippen LogP contribution >= 0.6 is 11.6 Å². The number of anilines is 1. The fourth-order valence-corrected chi connectivity index (χ4v) is 2.05. The van der Waals surface area contributed by atoms with Crippen LogP contribution in [0.2, 0.25) is 5.02 Å². The SMILES string of the molecule is COCCNC(=O)C(C)n1c(N)nc2cc(Cl)cnc21. The number of ether oxygens (including phenoxy) is 1.